The van der Waals surface area contributed by atoms with E-state index >= 15 is 0 Å². The zero-order valence-corrected chi connectivity index (χ0v) is 20.5. The third-order valence-corrected chi connectivity index (χ3v) is 6.92. The van der Waals surface area contributed by atoms with Gasteiger partial charge in [-0.25, -0.2) is 4.39 Å². The normalized spacial score (nSPS) is 21.4. The van der Waals surface area contributed by atoms with Crippen LogP contribution in [0, 0.1) is 17.7 Å². The molecule has 11 heteroatoms. The van der Waals surface area contributed by atoms with Crippen molar-refractivity contribution in [1.82, 2.24) is 20.9 Å². The quantitative estimate of drug-likeness (QED) is 0.308. The number of aromatic nitrogens is 1. The molecule has 1 aromatic carbocycles. The summed E-state index contributed by atoms with van der Waals surface area (Å²) < 4.78 is 19.5. The second-order valence-electron chi connectivity index (χ2n) is 10.4. The Hall–Kier alpha value is -3.47. The third kappa shape index (κ3) is 5.35. The number of halogens is 1. The fraction of sp³-hybridized carbons (Fsp3) is 0.520. The minimum atomic E-state index is -1.10. The van der Waals surface area contributed by atoms with Gasteiger partial charge in [0.15, 0.2) is 0 Å². The predicted octanol–water partition coefficient (Wildman–Crippen LogP) is 1.14. The lowest BCUT2D eigenvalue weighted by molar-refractivity contribution is -0.128. The number of carbonyl (C=O) groups excluding carboxylic acids is 4. The van der Waals surface area contributed by atoms with Crippen LogP contribution >= 0.6 is 0 Å². The van der Waals surface area contributed by atoms with E-state index in [0.29, 0.717) is 30.3 Å². The molecule has 0 radical (unpaired) electrons. The van der Waals surface area contributed by atoms with Gasteiger partial charge in [0.1, 0.15) is 35.6 Å². The molecule has 1 aromatic heterocycles. The second kappa shape index (κ2) is 9.88. The van der Waals surface area contributed by atoms with E-state index in [1.807, 2.05) is 13.8 Å². The molecular formula is C25H32FN5O5. The summed E-state index contributed by atoms with van der Waals surface area (Å²) in [5.74, 6) is -1.94. The minimum absolute atomic E-state index is 0.0653. The number of nitrogens with two attached hydrogens (primary N) is 1. The number of aromatic amines is 1. The van der Waals surface area contributed by atoms with Gasteiger partial charge in [-0.3, -0.25) is 14.4 Å². The number of carbonyl (C=O) groups is 4. The molecule has 4 rings (SSSR count). The molecule has 2 aromatic rings. The van der Waals surface area contributed by atoms with Gasteiger partial charge in [-0.15, -0.1) is 0 Å². The van der Waals surface area contributed by atoms with Crippen LogP contribution < -0.4 is 26.4 Å². The lowest BCUT2D eigenvalue weighted by atomic mass is 9.88. The first-order valence-corrected chi connectivity index (χ1v) is 12.0. The number of methoxy groups -OCH3 is 1. The van der Waals surface area contributed by atoms with Crippen LogP contribution in [0.4, 0.5) is 4.39 Å². The highest BCUT2D eigenvalue weighted by molar-refractivity contribution is 6.01. The molecule has 1 saturated carbocycles. The highest BCUT2D eigenvalue weighted by Crippen LogP contribution is 2.34. The largest absolute Gasteiger partial charge is 0.496 e. The van der Waals surface area contributed by atoms with Gasteiger partial charge in [-0.05, 0) is 50.8 Å². The molecule has 1 saturated heterocycles. The Kier molecular flexibility index (Phi) is 7.03. The topological polar surface area (TPSA) is 155 Å². The maximum atomic E-state index is 14.3. The SMILES string of the molecule is COc1ccc(F)c2[nH]c(C(=O)N[C@@H](CC3CC3)C(=O)NC(C=O)[C@@H](N)[C@H]3CC(C)(C)NC3=O)cc12. The van der Waals surface area contributed by atoms with Crippen molar-refractivity contribution < 1.29 is 28.3 Å². The van der Waals surface area contributed by atoms with Crippen LogP contribution in [0.25, 0.3) is 10.9 Å². The smallest absolute Gasteiger partial charge is 0.268 e. The highest BCUT2D eigenvalue weighted by Gasteiger charge is 2.43. The van der Waals surface area contributed by atoms with Crippen LogP contribution in [0.5, 0.6) is 5.75 Å². The first-order chi connectivity index (χ1) is 17.0. The number of benzene rings is 1. The summed E-state index contributed by atoms with van der Waals surface area (Å²) in [4.78, 5) is 53.1. The molecule has 10 nitrogen and oxygen atoms in total. The van der Waals surface area contributed by atoms with Gasteiger partial charge in [0, 0.05) is 17.0 Å². The number of rotatable bonds is 10. The van der Waals surface area contributed by atoms with Crippen molar-refractivity contribution >= 4 is 34.9 Å². The average molecular weight is 502 g/mol. The Bertz CT molecular complexity index is 1190. The van der Waals surface area contributed by atoms with Crippen molar-refractivity contribution in [2.75, 3.05) is 7.11 Å². The minimum Gasteiger partial charge on any atom is -0.496 e. The fourth-order valence-corrected chi connectivity index (χ4v) is 4.78. The molecule has 1 unspecified atom stereocenters. The summed E-state index contributed by atoms with van der Waals surface area (Å²) >= 11 is 0. The number of amides is 3. The summed E-state index contributed by atoms with van der Waals surface area (Å²) in [5, 5.41) is 8.55. The van der Waals surface area contributed by atoms with Crippen LogP contribution in [0.1, 0.15) is 50.0 Å². The molecule has 2 aliphatic rings. The predicted molar refractivity (Wildman–Crippen MR) is 130 cm³/mol. The Balaban J connectivity index is 1.49. The van der Waals surface area contributed by atoms with Crippen LogP contribution in [0.2, 0.25) is 0 Å². The average Bonchev–Trinajstić information content (AvgIpc) is 3.44. The molecule has 36 heavy (non-hydrogen) atoms. The monoisotopic (exact) mass is 501 g/mol. The number of fused-ring (bicyclic) bond motifs is 1. The molecule has 0 spiro atoms. The van der Waals surface area contributed by atoms with E-state index in [-0.39, 0.29) is 23.0 Å². The summed E-state index contributed by atoms with van der Waals surface area (Å²) in [7, 11) is 1.44. The molecule has 2 heterocycles. The van der Waals surface area contributed by atoms with Crippen molar-refractivity contribution in [3.05, 3.63) is 29.7 Å². The molecule has 3 amide bonds. The maximum absolute atomic E-state index is 14.3. The molecule has 1 aliphatic carbocycles. The van der Waals surface area contributed by atoms with Gasteiger partial charge < -0.3 is 36.2 Å². The number of nitrogens with one attached hydrogen (secondary N) is 4. The Morgan fingerprint density at radius 2 is 2.03 bits per heavy atom. The van der Waals surface area contributed by atoms with E-state index in [0.717, 1.165) is 12.8 Å². The first kappa shape index (κ1) is 25.6. The summed E-state index contributed by atoms with van der Waals surface area (Å²) in [5.41, 5.74) is 5.96. The maximum Gasteiger partial charge on any atom is 0.268 e. The molecule has 194 valence electrons. The standard InChI is InChI=1S/C25H32FN5O5/c1-25(2)10-14(22(33)31-25)20(27)18(11-32)30-23(34)16(8-12-4-5-12)29-24(35)17-9-13-19(36-3)7-6-15(26)21(13)28-17/h6-7,9,11-12,14,16,18,20,28H,4-5,8,10,27H2,1-3H3,(H,29,35)(H,30,34)(H,31,33)/t14-,16+,18?,20+/m1/s1. The van der Waals surface area contributed by atoms with Crippen molar-refractivity contribution in [2.45, 2.75) is 63.2 Å². The molecule has 1 aliphatic heterocycles. The molecule has 6 N–H and O–H groups in total. The zero-order valence-electron chi connectivity index (χ0n) is 20.5. The van der Waals surface area contributed by atoms with E-state index in [1.165, 1.54) is 25.3 Å². The fourth-order valence-electron chi connectivity index (χ4n) is 4.78. The van der Waals surface area contributed by atoms with Crippen molar-refractivity contribution in [3.8, 4) is 5.75 Å². The number of hydrogen-bond acceptors (Lipinski definition) is 6. The zero-order chi connectivity index (χ0) is 26.2. The summed E-state index contributed by atoms with van der Waals surface area (Å²) in [6, 6.07) is 1.19. The van der Waals surface area contributed by atoms with E-state index < -0.39 is 47.2 Å². The molecular weight excluding hydrogens is 469 g/mol. The van der Waals surface area contributed by atoms with Gasteiger partial charge in [0.2, 0.25) is 11.8 Å². The van der Waals surface area contributed by atoms with Gasteiger partial charge in [-0.1, -0.05) is 12.8 Å². The van der Waals surface area contributed by atoms with Crippen LogP contribution in [-0.4, -0.2) is 59.8 Å². The van der Waals surface area contributed by atoms with E-state index in [1.54, 1.807) is 0 Å². The summed E-state index contributed by atoms with van der Waals surface area (Å²) in [6.45, 7) is 3.72. The van der Waals surface area contributed by atoms with Crippen LogP contribution in [-0.2, 0) is 14.4 Å². The number of hydrogen-bond donors (Lipinski definition) is 5. The van der Waals surface area contributed by atoms with Crippen molar-refractivity contribution in [2.24, 2.45) is 17.6 Å². The molecule has 4 atom stereocenters. The summed E-state index contributed by atoms with van der Waals surface area (Å²) in [6.07, 6.45) is 3.19. The second-order valence-corrected chi connectivity index (χ2v) is 10.4. The lowest BCUT2D eigenvalue weighted by Gasteiger charge is -2.27. The third-order valence-electron chi connectivity index (χ3n) is 6.92. The van der Waals surface area contributed by atoms with Crippen LogP contribution in [0.3, 0.4) is 0 Å². The lowest BCUT2D eigenvalue weighted by Crippen LogP contribution is -2.57. The molecule has 2 fully saturated rings. The van der Waals surface area contributed by atoms with Gasteiger partial charge in [-0.2, -0.15) is 0 Å². The van der Waals surface area contributed by atoms with Gasteiger partial charge in [0.05, 0.1) is 18.5 Å². The number of aldehydes is 1. The van der Waals surface area contributed by atoms with Crippen molar-refractivity contribution in [3.63, 3.8) is 0 Å². The van der Waals surface area contributed by atoms with E-state index in [9.17, 15) is 23.6 Å². The molecule has 0 bridgehead atoms. The highest BCUT2D eigenvalue weighted by atomic mass is 19.1. The van der Waals surface area contributed by atoms with Crippen LogP contribution in [0.15, 0.2) is 18.2 Å². The van der Waals surface area contributed by atoms with Gasteiger partial charge >= 0.3 is 0 Å². The first-order valence-electron chi connectivity index (χ1n) is 12.0. The Morgan fingerprint density at radius 3 is 2.61 bits per heavy atom. The van der Waals surface area contributed by atoms with E-state index in [2.05, 4.69) is 20.9 Å². The van der Waals surface area contributed by atoms with Gasteiger partial charge in [0.25, 0.3) is 5.91 Å². The van der Waals surface area contributed by atoms with E-state index in [4.69, 9.17) is 10.5 Å². The van der Waals surface area contributed by atoms with Crippen molar-refractivity contribution in [1.29, 1.82) is 0 Å². The number of ether oxygens (including phenoxy) is 1. The Morgan fingerprint density at radius 1 is 1.31 bits per heavy atom. The number of H-pyrrole nitrogens is 1. The Labute approximate surface area is 207 Å².